The van der Waals surface area contributed by atoms with Gasteiger partial charge in [0.05, 0.1) is 0 Å². The molecule has 1 rings (SSSR count). The van der Waals surface area contributed by atoms with Crippen LogP contribution in [0.25, 0.3) is 0 Å². The van der Waals surface area contributed by atoms with Crippen molar-refractivity contribution in [2.45, 2.75) is 26.2 Å². The van der Waals surface area contributed by atoms with Gasteiger partial charge in [0.1, 0.15) is 0 Å². The number of carbonyl (C=O) groups is 1. The molecule has 0 aromatic carbocycles. The van der Waals surface area contributed by atoms with Crippen LogP contribution in [0.2, 0.25) is 0 Å². The van der Waals surface area contributed by atoms with E-state index in [1.165, 1.54) is 6.42 Å². The van der Waals surface area contributed by atoms with Crippen molar-refractivity contribution < 1.29 is 4.79 Å². The van der Waals surface area contributed by atoms with E-state index in [-0.39, 0.29) is 6.03 Å². The van der Waals surface area contributed by atoms with Crippen molar-refractivity contribution in [3.8, 4) is 0 Å². The molecule has 3 nitrogen and oxygen atoms in total. The fourth-order valence-electron chi connectivity index (χ4n) is 1.99. The largest absolute Gasteiger partial charge is 0.325 e. The van der Waals surface area contributed by atoms with Crippen LogP contribution in [-0.2, 0) is 0 Å². The summed E-state index contributed by atoms with van der Waals surface area (Å²) in [6.45, 7) is 11.2. The number of piperidine rings is 1. The van der Waals surface area contributed by atoms with E-state index in [1.807, 2.05) is 4.90 Å². The lowest BCUT2D eigenvalue weighted by Crippen LogP contribution is -2.43. The van der Waals surface area contributed by atoms with Gasteiger partial charge in [-0.2, -0.15) is 0 Å². The smallest absolute Gasteiger partial charge is 0.321 e. The highest BCUT2D eigenvalue weighted by Crippen LogP contribution is 2.19. The number of hydrogen-bond acceptors (Lipinski definition) is 1. The van der Waals surface area contributed by atoms with E-state index in [0.29, 0.717) is 5.70 Å². The number of rotatable bonds is 4. The van der Waals surface area contributed by atoms with Crippen LogP contribution in [0.15, 0.2) is 37.1 Å². The lowest BCUT2D eigenvalue weighted by molar-refractivity contribution is 0.172. The number of nitrogens with zero attached hydrogens (tertiary/aromatic N) is 1. The highest BCUT2D eigenvalue weighted by atomic mass is 16.2. The van der Waals surface area contributed by atoms with Crippen molar-refractivity contribution >= 4 is 6.03 Å². The average Bonchev–Trinajstić information content (AvgIpc) is 2.36. The molecule has 1 aliphatic heterocycles. The fraction of sp³-hybridized carbons (Fsp3) is 0.500. The normalized spacial score (nSPS) is 17.1. The monoisotopic (exact) mass is 234 g/mol. The van der Waals surface area contributed by atoms with Crippen LogP contribution in [0.1, 0.15) is 26.2 Å². The van der Waals surface area contributed by atoms with Gasteiger partial charge in [-0.3, -0.25) is 0 Å². The van der Waals surface area contributed by atoms with Crippen LogP contribution >= 0.6 is 0 Å². The van der Waals surface area contributed by atoms with Crippen LogP contribution in [0.3, 0.4) is 0 Å². The third-order valence-electron chi connectivity index (χ3n) is 3.18. The molecule has 0 radical (unpaired) electrons. The summed E-state index contributed by atoms with van der Waals surface area (Å²) < 4.78 is 0. The second-order valence-corrected chi connectivity index (χ2v) is 4.39. The Hall–Kier alpha value is -1.51. The summed E-state index contributed by atoms with van der Waals surface area (Å²) in [6, 6.07) is -0.0433. The van der Waals surface area contributed by atoms with Crippen LogP contribution in [0.5, 0.6) is 0 Å². The zero-order valence-electron chi connectivity index (χ0n) is 10.6. The second-order valence-electron chi connectivity index (χ2n) is 4.39. The molecule has 1 N–H and O–H groups in total. The Labute approximate surface area is 104 Å². The molecule has 0 bridgehead atoms. The molecule has 0 atom stereocenters. The Balaban J connectivity index is 2.36. The number of nitrogens with one attached hydrogen (secondary N) is 1. The van der Waals surface area contributed by atoms with Gasteiger partial charge in [0.25, 0.3) is 0 Å². The van der Waals surface area contributed by atoms with E-state index in [4.69, 9.17) is 0 Å². The third-order valence-corrected chi connectivity index (χ3v) is 3.18. The number of carbonyl (C=O) groups excluding carboxylic acids is 1. The highest BCUT2D eigenvalue weighted by molar-refractivity contribution is 5.76. The summed E-state index contributed by atoms with van der Waals surface area (Å²) in [4.78, 5) is 13.7. The maximum Gasteiger partial charge on any atom is 0.321 e. The molecule has 0 spiro atoms. The molecule has 1 fully saturated rings. The topological polar surface area (TPSA) is 32.3 Å². The van der Waals surface area contributed by atoms with Crippen LogP contribution in [0, 0.1) is 5.92 Å². The van der Waals surface area contributed by atoms with E-state index < -0.39 is 0 Å². The van der Waals surface area contributed by atoms with Crippen LogP contribution < -0.4 is 5.32 Å². The Morgan fingerprint density at radius 2 is 2.12 bits per heavy atom. The van der Waals surface area contributed by atoms with Crippen molar-refractivity contribution in [3.05, 3.63) is 37.1 Å². The third kappa shape index (κ3) is 4.47. The molecule has 17 heavy (non-hydrogen) atoms. The molecule has 0 aliphatic carbocycles. The quantitative estimate of drug-likeness (QED) is 0.745. The lowest BCUT2D eigenvalue weighted by Gasteiger charge is -2.31. The van der Waals surface area contributed by atoms with E-state index in [0.717, 1.165) is 31.8 Å². The molecule has 3 heteroatoms. The number of amides is 2. The molecular formula is C14H22N2O. The Morgan fingerprint density at radius 3 is 2.65 bits per heavy atom. The van der Waals surface area contributed by atoms with Gasteiger partial charge < -0.3 is 10.2 Å². The second kappa shape index (κ2) is 6.94. The Kier molecular flexibility index (Phi) is 5.53. The molecule has 0 aromatic rings. The molecule has 1 aliphatic rings. The molecule has 1 heterocycles. The van der Waals surface area contributed by atoms with E-state index in [2.05, 4.69) is 25.4 Å². The van der Waals surface area contributed by atoms with Gasteiger partial charge in [-0.25, -0.2) is 4.79 Å². The van der Waals surface area contributed by atoms with Gasteiger partial charge in [0.15, 0.2) is 0 Å². The number of hydrogen-bond donors (Lipinski definition) is 1. The van der Waals surface area contributed by atoms with Crippen LogP contribution in [0.4, 0.5) is 4.79 Å². The number of allylic oxidation sites excluding steroid dienone is 3. The zero-order valence-corrected chi connectivity index (χ0v) is 10.6. The minimum absolute atomic E-state index is 0.0433. The predicted molar refractivity (Wildman–Crippen MR) is 71.6 cm³/mol. The summed E-state index contributed by atoms with van der Waals surface area (Å²) in [5.41, 5.74) is 0.604. The lowest BCUT2D eigenvalue weighted by atomic mass is 9.95. The first-order chi connectivity index (χ1) is 8.17. The van der Waals surface area contributed by atoms with E-state index in [9.17, 15) is 4.79 Å². The van der Waals surface area contributed by atoms with Crippen molar-refractivity contribution in [3.63, 3.8) is 0 Å². The van der Waals surface area contributed by atoms with Gasteiger partial charge in [-0.05, 0) is 24.8 Å². The van der Waals surface area contributed by atoms with Crippen LogP contribution in [-0.4, -0.2) is 24.0 Å². The molecule has 2 amide bonds. The average molecular weight is 234 g/mol. The first-order valence-electron chi connectivity index (χ1n) is 6.21. The Morgan fingerprint density at radius 1 is 1.47 bits per heavy atom. The van der Waals surface area contributed by atoms with Gasteiger partial charge in [-0.1, -0.05) is 38.7 Å². The van der Waals surface area contributed by atoms with Gasteiger partial charge in [0, 0.05) is 18.8 Å². The maximum absolute atomic E-state index is 11.9. The van der Waals surface area contributed by atoms with E-state index in [1.54, 1.807) is 18.2 Å². The molecule has 0 aromatic heterocycles. The first-order valence-corrected chi connectivity index (χ1v) is 6.21. The Bertz CT molecular complexity index is 312. The predicted octanol–water partition coefficient (Wildman–Crippen LogP) is 3.07. The minimum atomic E-state index is -0.0433. The molecular weight excluding hydrogens is 212 g/mol. The molecule has 1 saturated heterocycles. The highest BCUT2D eigenvalue weighted by Gasteiger charge is 2.21. The van der Waals surface area contributed by atoms with Crippen molar-refractivity contribution in [1.29, 1.82) is 0 Å². The van der Waals surface area contributed by atoms with Crippen molar-refractivity contribution in [2.24, 2.45) is 5.92 Å². The molecule has 94 valence electrons. The maximum atomic E-state index is 11.9. The van der Waals surface area contributed by atoms with Crippen molar-refractivity contribution in [1.82, 2.24) is 10.2 Å². The number of urea groups is 1. The summed E-state index contributed by atoms with van der Waals surface area (Å²) in [5, 5.41) is 2.78. The summed E-state index contributed by atoms with van der Waals surface area (Å²) >= 11 is 0. The fourth-order valence-corrected chi connectivity index (χ4v) is 1.99. The zero-order chi connectivity index (χ0) is 12.7. The SMILES string of the molecule is C=C/C=C\C(=C)NC(=O)N1CCC(CC)CC1. The van der Waals surface area contributed by atoms with E-state index >= 15 is 0 Å². The van der Waals surface area contributed by atoms with Gasteiger partial charge in [-0.15, -0.1) is 0 Å². The van der Waals surface area contributed by atoms with Crippen molar-refractivity contribution in [2.75, 3.05) is 13.1 Å². The minimum Gasteiger partial charge on any atom is -0.325 e. The summed E-state index contributed by atoms with van der Waals surface area (Å²) in [6.07, 6.45) is 8.59. The number of likely N-dealkylation sites (tertiary alicyclic amines) is 1. The van der Waals surface area contributed by atoms with Gasteiger partial charge in [0.2, 0.25) is 0 Å². The summed E-state index contributed by atoms with van der Waals surface area (Å²) in [7, 11) is 0. The molecule has 0 unspecified atom stereocenters. The standard InChI is InChI=1S/C14H22N2O/c1-4-6-7-12(3)15-14(17)16-10-8-13(5-2)9-11-16/h4,6-7,13H,1,3,5,8-11H2,2H3,(H,15,17)/b7-6-. The molecule has 0 saturated carbocycles. The van der Waals surface area contributed by atoms with Gasteiger partial charge >= 0.3 is 6.03 Å². The summed E-state index contributed by atoms with van der Waals surface area (Å²) in [5.74, 6) is 0.780. The first kappa shape index (κ1) is 13.6.